The molecule has 0 bridgehead atoms. The molecule has 0 saturated carbocycles. The maximum Gasteiger partial charge on any atom is 0.307 e. The number of anilines is 1. The van der Waals surface area contributed by atoms with Crippen LogP contribution in [-0.4, -0.2) is 22.5 Å². The Labute approximate surface area is 200 Å². The van der Waals surface area contributed by atoms with Crippen LogP contribution in [0.4, 0.5) is 5.69 Å². The van der Waals surface area contributed by atoms with Crippen molar-refractivity contribution < 1.29 is 9.21 Å². The molecular formula is C24H20ClN5O2S. The Bertz CT molecular complexity index is 1340. The number of thiocarbonyl (C=S) groups is 1. The lowest BCUT2D eigenvalue weighted by Crippen LogP contribution is -2.46. The van der Waals surface area contributed by atoms with Gasteiger partial charge in [0.2, 0.25) is 11.5 Å². The van der Waals surface area contributed by atoms with E-state index in [2.05, 4.69) is 27.7 Å². The summed E-state index contributed by atoms with van der Waals surface area (Å²) in [5.74, 6) is -0.651. The standard InChI is InChI=1S/C24H20ClN5O2S/c1-2-12-27-24(33)30-29-22(31)21-20(26)19-17(14-6-4-3-5-7-14)13-18(28-23(19)32-21)15-8-10-16(25)11-9-15/h2-11,13H,1,12,26H2,(H,29,31)(H2,27,30,33). The highest BCUT2D eigenvalue weighted by molar-refractivity contribution is 7.80. The lowest BCUT2D eigenvalue weighted by Gasteiger charge is -2.09. The van der Waals surface area contributed by atoms with Crippen molar-refractivity contribution in [3.05, 3.63) is 84.1 Å². The van der Waals surface area contributed by atoms with Crippen molar-refractivity contribution in [2.45, 2.75) is 0 Å². The maximum absolute atomic E-state index is 12.8. The summed E-state index contributed by atoms with van der Waals surface area (Å²) in [5, 5.41) is 4.25. The summed E-state index contributed by atoms with van der Waals surface area (Å²) in [7, 11) is 0. The van der Waals surface area contributed by atoms with Gasteiger partial charge in [0.15, 0.2) is 5.11 Å². The number of aromatic nitrogens is 1. The summed E-state index contributed by atoms with van der Waals surface area (Å²) in [6.45, 7) is 4.05. The van der Waals surface area contributed by atoms with E-state index >= 15 is 0 Å². The van der Waals surface area contributed by atoms with E-state index in [-0.39, 0.29) is 22.3 Å². The van der Waals surface area contributed by atoms with Crippen LogP contribution in [0.2, 0.25) is 5.02 Å². The van der Waals surface area contributed by atoms with E-state index in [0.29, 0.717) is 22.6 Å². The number of hydrogen-bond donors (Lipinski definition) is 4. The first kappa shape index (κ1) is 22.3. The Morgan fingerprint density at radius 2 is 1.85 bits per heavy atom. The van der Waals surface area contributed by atoms with Crippen molar-refractivity contribution in [2.24, 2.45) is 0 Å². The van der Waals surface area contributed by atoms with Gasteiger partial charge < -0.3 is 15.5 Å². The van der Waals surface area contributed by atoms with Crippen LogP contribution in [0.25, 0.3) is 33.5 Å². The summed E-state index contributed by atoms with van der Waals surface area (Å²) in [6.07, 6.45) is 1.64. The zero-order valence-electron chi connectivity index (χ0n) is 17.4. The predicted molar refractivity (Wildman–Crippen MR) is 136 cm³/mol. The van der Waals surface area contributed by atoms with E-state index in [9.17, 15) is 4.79 Å². The second kappa shape index (κ2) is 9.72. The van der Waals surface area contributed by atoms with E-state index < -0.39 is 5.91 Å². The summed E-state index contributed by atoms with van der Waals surface area (Å²) < 4.78 is 5.83. The fourth-order valence-corrected chi connectivity index (χ4v) is 3.54. The van der Waals surface area contributed by atoms with Crippen LogP contribution in [0, 0.1) is 0 Å². The molecular weight excluding hydrogens is 458 g/mol. The van der Waals surface area contributed by atoms with Gasteiger partial charge in [0.05, 0.1) is 16.8 Å². The van der Waals surface area contributed by atoms with Crippen molar-refractivity contribution in [3.8, 4) is 22.4 Å². The Kier molecular flexibility index (Phi) is 6.58. The number of benzene rings is 2. The highest BCUT2D eigenvalue weighted by atomic mass is 35.5. The zero-order valence-corrected chi connectivity index (χ0v) is 19.0. The third-order valence-electron chi connectivity index (χ3n) is 4.83. The maximum atomic E-state index is 12.8. The summed E-state index contributed by atoms with van der Waals surface area (Å²) >= 11 is 11.1. The van der Waals surface area contributed by atoms with Crippen LogP contribution in [0.15, 0.2) is 77.7 Å². The molecule has 0 saturated heterocycles. The summed E-state index contributed by atoms with van der Waals surface area (Å²) in [5.41, 5.74) is 15.1. The number of furan rings is 1. The summed E-state index contributed by atoms with van der Waals surface area (Å²) in [6, 6.07) is 18.9. The van der Waals surface area contributed by atoms with Gasteiger partial charge in [-0.1, -0.05) is 60.1 Å². The molecule has 0 aliphatic heterocycles. The molecule has 166 valence electrons. The molecule has 0 unspecified atom stereocenters. The van der Waals surface area contributed by atoms with Crippen LogP contribution in [0.1, 0.15) is 10.6 Å². The molecule has 4 aromatic rings. The van der Waals surface area contributed by atoms with E-state index in [1.807, 2.05) is 48.5 Å². The topological polar surface area (TPSA) is 105 Å². The van der Waals surface area contributed by atoms with Gasteiger partial charge in [0, 0.05) is 17.1 Å². The number of hydrogen-bond acceptors (Lipinski definition) is 5. The first-order chi connectivity index (χ1) is 16.0. The molecule has 0 aliphatic rings. The fraction of sp³-hybridized carbons (Fsp3) is 0.0417. The number of rotatable bonds is 5. The van der Waals surface area contributed by atoms with Gasteiger partial charge in [-0.2, -0.15) is 0 Å². The van der Waals surface area contributed by atoms with E-state index in [1.54, 1.807) is 18.2 Å². The SMILES string of the molecule is C=CCNC(=S)NNC(=O)c1oc2nc(-c3ccc(Cl)cc3)cc(-c3ccccc3)c2c1N. The fourth-order valence-electron chi connectivity index (χ4n) is 3.28. The van der Waals surface area contributed by atoms with Crippen molar-refractivity contribution in [1.82, 2.24) is 21.2 Å². The smallest absolute Gasteiger partial charge is 0.307 e. The van der Waals surface area contributed by atoms with Gasteiger partial charge in [-0.15, -0.1) is 6.58 Å². The molecule has 4 rings (SSSR count). The molecule has 0 aliphatic carbocycles. The molecule has 7 nitrogen and oxygen atoms in total. The second-order valence-corrected chi connectivity index (χ2v) is 7.88. The van der Waals surface area contributed by atoms with Gasteiger partial charge in [-0.3, -0.25) is 15.6 Å². The minimum Gasteiger partial charge on any atom is -0.430 e. The molecule has 33 heavy (non-hydrogen) atoms. The molecule has 1 amide bonds. The van der Waals surface area contributed by atoms with E-state index in [4.69, 9.17) is 34.0 Å². The number of nitrogens with one attached hydrogen (secondary N) is 3. The second-order valence-electron chi connectivity index (χ2n) is 7.03. The van der Waals surface area contributed by atoms with E-state index in [1.165, 1.54) is 0 Å². The normalized spacial score (nSPS) is 10.6. The number of nitrogen functional groups attached to an aromatic ring is 1. The first-order valence-electron chi connectivity index (χ1n) is 9.97. The number of nitrogens with zero attached hydrogens (tertiary/aromatic N) is 1. The predicted octanol–water partition coefficient (Wildman–Crippen LogP) is 4.69. The monoisotopic (exact) mass is 477 g/mol. The first-order valence-corrected chi connectivity index (χ1v) is 10.8. The number of carbonyl (C=O) groups excluding carboxylic acids is 1. The Morgan fingerprint density at radius 3 is 2.55 bits per heavy atom. The van der Waals surface area contributed by atoms with E-state index in [0.717, 1.165) is 16.7 Å². The molecule has 2 aromatic carbocycles. The Morgan fingerprint density at radius 1 is 1.12 bits per heavy atom. The van der Waals surface area contributed by atoms with Crippen molar-refractivity contribution in [2.75, 3.05) is 12.3 Å². The number of halogens is 1. The van der Waals surface area contributed by atoms with Gasteiger partial charge in [0.25, 0.3) is 0 Å². The molecule has 2 aromatic heterocycles. The van der Waals surface area contributed by atoms with Crippen LogP contribution >= 0.6 is 23.8 Å². The van der Waals surface area contributed by atoms with Crippen LogP contribution < -0.4 is 21.9 Å². The summed E-state index contributed by atoms with van der Waals surface area (Å²) in [4.78, 5) is 17.4. The molecule has 5 N–H and O–H groups in total. The third-order valence-corrected chi connectivity index (χ3v) is 5.32. The number of pyridine rings is 1. The average Bonchev–Trinajstić information content (AvgIpc) is 3.18. The number of carbonyl (C=O) groups is 1. The molecule has 0 atom stereocenters. The van der Waals surface area contributed by atoms with Crippen molar-refractivity contribution in [1.29, 1.82) is 0 Å². The zero-order chi connectivity index (χ0) is 23.4. The molecule has 2 heterocycles. The quantitative estimate of drug-likeness (QED) is 0.188. The minimum absolute atomic E-state index is 0.0676. The van der Waals surface area contributed by atoms with Gasteiger partial charge in [-0.05, 0) is 41.5 Å². The van der Waals surface area contributed by atoms with Crippen molar-refractivity contribution in [3.63, 3.8) is 0 Å². The highest BCUT2D eigenvalue weighted by Gasteiger charge is 2.23. The number of hydrazine groups is 1. The lowest BCUT2D eigenvalue weighted by atomic mass is 9.99. The number of nitrogens with two attached hydrogens (primary N) is 1. The van der Waals surface area contributed by atoms with Crippen LogP contribution in [0.5, 0.6) is 0 Å². The third kappa shape index (κ3) is 4.82. The molecule has 9 heteroatoms. The highest BCUT2D eigenvalue weighted by Crippen LogP contribution is 2.38. The minimum atomic E-state index is -0.583. The lowest BCUT2D eigenvalue weighted by molar-refractivity contribution is 0.0919. The van der Waals surface area contributed by atoms with Gasteiger partial charge in [-0.25, -0.2) is 4.98 Å². The van der Waals surface area contributed by atoms with Crippen LogP contribution in [0.3, 0.4) is 0 Å². The Balaban J connectivity index is 1.78. The Hall–Kier alpha value is -3.88. The van der Waals surface area contributed by atoms with Gasteiger partial charge >= 0.3 is 5.91 Å². The van der Waals surface area contributed by atoms with Crippen molar-refractivity contribution >= 4 is 51.6 Å². The number of amides is 1. The largest absolute Gasteiger partial charge is 0.430 e. The molecule has 0 fully saturated rings. The van der Waals surface area contributed by atoms with Crippen LogP contribution in [-0.2, 0) is 0 Å². The number of fused-ring (bicyclic) bond motifs is 1. The van der Waals surface area contributed by atoms with Gasteiger partial charge in [0.1, 0.15) is 0 Å². The average molecular weight is 478 g/mol. The molecule has 0 radical (unpaired) electrons. The molecule has 0 spiro atoms.